The molecule has 0 saturated heterocycles. The molecule has 2 rings (SSSR count). The van der Waals surface area contributed by atoms with Crippen LogP contribution >= 0.6 is 11.6 Å². The SMILES string of the molecule is COc1ccc([C@H](C)NC(=O)[C@H](C)N(c2cc(Cl)ccc2C)S(C)(=O)=O)cc1. The van der Waals surface area contributed by atoms with Gasteiger partial charge in [0.15, 0.2) is 0 Å². The van der Waals surface area contributed by atoms with E-state index in [1.807, 2.05) is 19.1 Å². The number of benzene rings is 2. The molecule has 0 aliphatic heterocycles. The van der Waals surface area contributed by atoms with Crippen LogP contribution in [0.3, 0.4) is 0 Å². The number of carbonyl (C=O) groups excluding carboxylic acids is 1. The Morgan fingerprint density at radius 1 is 1.14 bits per heavy atom. The molecular weight excluding hydrogens is 400 g/mol. The second-order valence-corrected chi connectivity index (χ2v) is 8.96. The number of methoxy groups -OCH3 is 1. The van der Waals surface area contributed by atoms with Crippen molar-refractivity contribution >= 4 is 33.2 Å². The lowest BCUT2D eigenvalue weighted by molar-refractivity contribution is -0.122. The van der Waals surface area contributed by atoms with Gasteiger partial charge >= 0.3 is 0 Å². The number of rotatable bonds is 7. The first-order valence-electron chi connectivity index (χ1n) is 8.74. The van der Waals surface area contributed by atoms with Gasteiger partial charge in [-0.2, -0.15) is 0 Å². The summed E-state index contributed by atoms with van der Waals surface area (Å²) in [6, 6.07) is 11.0. The van der Waals surface area contributed by atoms with Crippen LogP contribution in [0.2, 0.25) is 5.02 Å². The average Bonchev–Trinajstić information content (AvgIpc) is 2.63. The first-order chi connectivity index (χ1) is 13.0. The Balaban J connectivity index is 2.27. The van der Waals surface area contributed by atoms with Crippen LogP contribution in [0.5, 0.6) is 5.75 Å². The fraction of sp³-hybridized carbons (Fsp3) is 0.350. The summed E-state index contributed by atoms with van der Waals surface area (Å²) in [6.45, 7) is 5.16. The van der Waals surface area contributed by atoms with Crippen LogP contribution in [0.25, 0.3) is 0 Å². The molecule has 0 unspecified atom stereocenters. The number of aryl methyl sites for hydroxylation is 1. The van der Waals surface area contributed by atoms with E-state index in [4.69, 9.17) is 16.3 Å². The highest BCUT2D eigenvalue weighted by molar-refractivity contribution is 7.92. The summed E-state index contributed by atoms with van der Waals surface area (Å²) in [5.41, 5.74) is 1.97. The third-order valence-electron chi connectivity index (χ3n) is 4.47. The molecular formula is C20H25ClN2O4S. The van der Waals surface area contributed by atoms with Gasteiger partial charge in [-0.3, -0.25) is 9.10 Å². The van der Waals surface area contributed by atoms with Gasteiger partial charge in [-0.05, 0) is 56.2 Å². The van der Waals surface area contributed by atoms with Gasteiger partial charge in [0.25, 0.3) is 0 Å². The lowest BCUT2D eigenvalue weighted by atomic mass is 10.1. The number of ether oxygens (including phenoxy) is 1. The van der Waals surface area contributed by atoms with Gasteiger partial charge < -0.3 is 10.1 Å². The molecule has 0 spiro atoms. The molecule has 0 heterocycles. The van der Waals surface area contributed by atoms with Crippen molar-refractivity contribution in [2.75, 3.05) is 17.7 Å². The predicted molar refractivity (Wildman–Crippen MR) is 113 cm³/mol. The molecule has 6 nitrogen and oxygen atoms in total. The Bertz CT molecular complexity index is 945. The largest absolute Gasteiger partial charge is 0.497 e. The lowest BCUT2D eigenvalue weighted by Gasteiger charge is -2.30. The van der Waals surface area contributed by atoms with E-state index in [2.05, 4.69) is 5.32 Å². The quantitative estimate of drug-likeness (QED) is 0.735. The number of carbonyl (C=O) groups is 1. The number of nitrogens with one attached hydrogen (secondary N) is 1. The molecule has 0 aliphatic carbocycles. The Hall–Kier alpha value is -2.25. The highest BCUT2D eigenvalue weighted by Gasteiger charge is 2.31. The van der Waals surface area contributed by atoms with Crippen molar-refractivity contribution in [3.8, 4) is 5.75 Å². The third-order valence-corrected chi connectivity index (χ3v) is 5.93. The van der Waals surface area contributed by atoms with Gasteiger partial charge in [-0.25, -0.2) is 8.42 Å². The van der Waals surface area contributed by atoms with E-state index in [9.17, 15) is 13.2 Å². The minimum atomic E-state index is -3.71. The normalized spacial score (nSPS) is 13.5. The van der Waals surface area contributed by atoms with Crippen LogP contribution < -0.4 is 14.4 Å². The fourth-order valence-electron chi connectivity index (χ4n) is 2.91. The molecule has 0 bridgehead atoms. The molecule has 1 amide bonds. The minimum absolute atomic E-state index is 0.303. The summed E-state index contributed by atoms with van der Waals surface area (Å²) in [7, 11) is -2.13. The average molecular weight is 425 g/mol. The van der Waals surface area contributed by atoms with Crippen molar-refractivity contribution in [3.63, 3.8) is 0 Å². The maximum atomic E-state index is 12.8. The number of anilines is 1. The summed E-state index contributed by atoms with van der Waals surface area (Å²) in [5.74, 6) is 0.309. The molecule has 0 radical (unpaired) electrons. The number of amides is 1. The molecule has 8 heteroatoms. The number of halogens is 1. The zero-order valence-electron chi connectivity index (χ0n) is 16.6. The van der Waals surface area contributed by atoms with Crippen LogP contribution in [0.1, 0.15) is 31.0 Å². The van der Waals surface area contributed by atoms with Crippen molar-refractivity contribution in [2.24, 2.45) is 0 Å². The molecule has 0 saturated carbocycles. The molecule has 2 aromatic rings. The standard InChI is InChI=1S/C20H25ClN2O4S/c1-13-6-9-17(21)12-19(13)23(28(5,25)26)15(3)20(24)22-14(2)16-7-10-18(27-4)11-8-16/h6-12,14-15H,1-5H3,(H,22,24)/t14-,15-/m0/s1. The van der Waals surface area contributed by atoms with Gasteiger partial charge in [0.1, 0.15) is 11.8 Å². The molecule has 0 aliphatic rings. The fourth-order valence-corrected chi connectivity index (χ4v) is 4.30. The minimum Gasteiger partial charge on any atom is -0.497 e. The van der Waals surface area contributed by atoms with E-state index in [0.717, 1.165) is 21.9 Å². The van der Waals surface area contributed by atoms with Crippen LogP contribution in [0.4, 0.5) is 5.69 Å². The van der Waals surface area contributed by atoms with E-state index in [0.29, 0.717) is 16.3 Å². The van der Waals surface area contributed by atoms with Crippen LogP contribution in [0.15, 0.2) is 42.5 Å². The number of hydrogen-bond acceptors (Lipinski definition) is 4. The maximum absolute atomic E-state index is 12.8. The lowest BCUT2D eigenvalue weighted by Crippen LogP contribution is -2.48. The highest BCUT2D eigenvalue weighted by atomic mass is 35.5. The van der Waals surface area contributed by atoms with Crippen molar-refractivity contribution in [1.29, 1.82) is 0 Å². The van der Waals surface area contributed by atoms with E-state index in [1.54, 1.807) is 51.3 Å². The highest BCUT2D eigenvalue weighted by Crippen LogP contribution is 2.28. The van der Waals surface area contributed by atoms with Gasteiger partial charge in [-0.15, -0.1) is 0 Å². The predicted octanol–water partition coefficient (Wildman–Crippen LogP) is 3.69. The summed E-state index contributed by atoms with van der Waals surface area (Å²) < 4.78 is 31.2. The van der Waals surface area contributed by atoms with Gasteiger partial charge in [0.05, 0.1) is 25.1 Å². The first-order valence-corrected chi connectivity index (χ1v) is 11.0. The maximum Gasteiger partial charge on any atom is 0.244 e. The van der Waals surface area contributed by atoms with E-state index < -0.39 is 22.0 Å². The van der Waals surface area contributed by atoms with Crippen LogP contribution in [-0.4, -0.2) is 33.7 Å². The summed E-state index contributed by atoms with van der Waals surface area (Å²) in [5, 5.41) is 3.27. The zero-order chi connectivity index (χ0) is 21.1. The summed E-state index contributed by atoms with van der Waals surface area (Å²) in [4.78, 5) is 12.8. The van der Waals surface area contributed by atoms with Crippen LogP contribution in [-0.2, 0) is 14.8 Å². The molecule has 2 aromatic carbocycles. The van der Waals surface area contributed by atoms with E-state index in [1.165, 1.54) is 0 Å². The Labute approximate surface area is 171 Å². The number of hydrogen-bond donors (Lipinski definition) is 1. The Morgan fingerprint density at radius 2 is 1.75 bits per heavy atom. The topological polar surface area (TPSA) is 75.7 Å². The Morgan fingerprint density at radius 3 is 2.29 bits per heavy atom. The van der Waals surface area contributed by atoms with Crippen molar-refractivity contribution in [2.45, 2.75) is 32.9 Å². The first kappa shape index (κ1) is 22.0. The van der Waals surface area contributed by atoms with Crippen LogP contribution in [0, 0.1) is 6.92 Å². The molecule has 152 valence electrons. The second kappa shape index (κ2) is 8.84. The number of nitrogens with zero attached hydrogens (tertiary/aromatic N) is 1. The summed E-state index contributed by atoms with van der Waals surface area (Å²) >= 11 is 6.05. The van der Waals surface area contributed by atoms with Crippen molar-refractivity contribution < 1.29 is 17.9 Å². The zero-order valence-corrected chi connectivity index (χ0v) is 18.1. The molecule has 2 atom stereocenters. The molecule has 0 fully saturated rings. The summed E-state index contributed by atoms with van der Waals surface area (Å²) in [6.07, 6.45) is 1.07. The number of sulfonamides is 1. The molecule has 28 heavy (non-hydrogen) atoms. The smallest absolute Gasteiger partial charge is 0.244 e. The monoisotopic (exact) mass is 424 g/mol. The van der Waals surface area contributed by atoms with E-state index in [-0.39, 0.29) is 6.04 Å². The van der Waals surface area contributed by atoms with Gasteiger partial charge in [0, 0.05) is 5.02 Å². The van der Waals surface area contributed by atoms with Crippen molar-refractivity contribution in [3.05, 3.63) is 58.6 Å². The molecule has 0 aromatic heterocycles. The van der Waals surface area contributed by atoms with Gasteiger partial charge in [0.2, 0.25) is 15.9 Å². The Kier molecular flexibility index (Phi) is 6.96. The second-order valence-electron chi connectivity index (χ2n) is 6.67. The molecule has 1 N–H and O–H groups in total. The van der Waals surface area contributed by atoms with Gasteiger partial charge in [-0.1, -0.05) is 29.8 Å². The van der Waals surface area contributed by atoms with Crippen molar-refractivity contribution in [1.82, 2.24) is 5.32 Å². The third kappa shape index (κ3) is 5.17. The van der Waals surface area contributed by atoms with E-state index >= 15 is 0 Å².